The molecule has 1 saturated heterocycles. The van der Waals surface area contributed by atoms with Gasteiger partial charge in [-0.15, -0.1) is 0 Å². The van der Waals surface area contributed by atoms with E-state index in [1.165, 1.54) is 4.31 Å². The Morgan fingerprint density at radius 3 is 2.87 bits per heavy atom. The predicted molar refractivity (Wildman–Crippen MR) is 128 cm³/mol. The lowest BCUT2D eigenvalue weighted by atomic mass is 10.1. The molecule has 3 heterocycles. The van der Waals surface area contributed by atoms with Crippen LogP contribution >= 0.6 is 21.6 Å². The summed E-state index contributed by atoms with van der Waals surface area (Å²) in [6, 6.07) is 7.02. The standard InChI is InChI=1S/C22H27N3O3S3/c26-22(8-2-1-6-19-10-16-29-30-19)24-12-4-13-25(15-14-24)31(27,28)21-7-3-5-18-17-23-11-9-20(18)21/h3,5,7,9-11,16-17,19H,1-2,4,6,8,12-15H2/t19-/m1/s1. The number of amides is 1. The number of sulfonamides is 1. The molecule has 0 saturated carbocycles. The minimum absolute atomic E-state index is 0.138. The highest BCUT2D eigenvalue weighted by atomic mass is 33.1. The minimum Gasteiger partial charge on any atom is -0.341 e. The first kappa shape index (κ1) is 22.6. The van der Waals surface area contributed by atoms with Gasteiger partial charge in [0.15, 0.2) is 0 Å². The van der Waals surface area contributed by atoms with E-state index in [1.54, 1.807) is 41.4 Å². The van der Waals surface area contributed by atoms with E-state index in [9.17, 15) is 13.2 Å². The van der Waals surface area contributed by atoms with E-state index in [0.29, 0.717) is 54.6 Å². The molecule has 0 unspecified atom stereocenters. The van der Waals surface area contributed by atoms with Gasteiger partial charge in [0.05, 0.1) is 4.90 Å². The first-order chi connectivity index (χ1) is 15.1. The van der Waals surface area contributed by atoms with E-state index in [0.717, 1.165) is 24.6 Å². The molecule has 9 heteroatoms. The summed E-state index contributed by atoms with van der Waals surface area (Å²) in [5.74, 6) is 0.138. The molecule has 1 fully saturated rings. The molecular formula is C22H27N3O3S3. The van der Waals surface area contributed by atoms with Crippen LogP contribution in [0.2, 0.25) is 0 Å². The van der Waals surface area contributed by atoms with Gasteiger partial charge in [-0.25, -0.2) is 8.42 Å². The number of nitrogens with zero attached hydrogens (tertiary/aromatic N) is 3. The van der Waals surface area contributed by atoms with E-state index in [1.807, 2.05) is 21.8 Å². The van der Waals surface area contributed by atoms with Crippen molar-refractivity contribution in [2.24, 2.45) is 0 Å². The SMILES string of the molecule is O=C(CCCC[C@@H]1C=CSS1)N1CCCN(S(=O)(=O)c2cccc3cnccc23)CC1. The molecule has 2 aromatic rings. The Hall–Kier alpha value is -1.55. The van der Waals surface area contributed by atoms with Crippen LogP contribution in [0.5, 0.6) is 0 Å². The quantitative estimate of drug-likeness (QED) is 0.438. The molecule has 2 aliphatic rings. The van der Waals surface area contributed by atoms with Crippen molar-refractivity contribution in [2.45, 2.75) is 42.2 Å². The summed E-state index contributed by atoms with van der Waals surface area (Å²) in [4.78, 5) is 18.9. The van der Waals surface area contributed by atoms with Gasteiger partial charge in [0.25, 0.3) is 0 Å². The first-order valence-corrected chi connectivity index (χ1v) is 14.4. The third-order valence-corrected chi connectivity index (χ3v) is 10.1. The monoisotopic (exact) mass is 477 g/mol. The normalized spacial score (nSPS) is 20.3. The maximum absolute atomic E-state index is 13.4. The fourth-order valence-corrected chi connectivity index (χ4v) is 7.96. The number of pyridine rings is 1. The lowest BCUT2D eigenvalue weighted by Crippen LogP contribution is -2.37. The second kappa shape index (κ2) is 10.4. The largest absolute Gasteiger partial charge is 0.341 e. The Balaban J connectivity index is 1.34. The van der Waals surface area contributed by atoms with Gasteiger partial charge in [-0.05, 0) is 36.8 Å². The average Bonchev–Trinajstić information content (AvgIpc) is 3.17. The van der Waals surface area contributed by atoms with Crippen molar-refractivity contribution in [3.05, 3.63) is 48.1 Å². The molecule has 0 N–H and O–H groups in total. The maximum atomic E-state index is 13.4. The Morgan fingerprint density at radius 2 is 2.03 bits per heavy atom. The maximum Gasteiger partial charge on any atom is 0.243 e. The molecule has 0 radical (unpaired) electrons. The summed E-state index contributed by atoms with van der Waals surface area (Å²) in [6.07, 6.45) is 9.74. The molecule has 1 aromatic heterocycles. The number of fused-ring (bicyclic) bond motifs is 1. The molecule has 166 valence electrons. The van der Waals surface area contributed by atoms with E-state index >= 15 is 0 Å². The van der Waals surface area contributed by atoms with Gasteiger partial charge in [-0.2, -0.15) is 4.31 Å². The smallest absolute Gasteiger partial charge is 0.243 e. The number of hydrogen-bond acceptors (Lipinski definition) is 6. The van der Waals surface area contributed by atoms with Crippen LogP contribution in [0.1, 0.15) is 32.1 Å². The highest BCUT2D eigenvalue weighted by Crippen LogP contribution is 2.37. The van der Waals surface area contributed by atoms with Gasteiger partial charge in [-0.1, -0.05) is 46.2 Å². The zero-order chi connectivity index (χ0) is 21.7. The van der Waals surface area contributed by atoms with Gasteiger partial charge >= 0.3 is 0 Å². The second-order valence-corrected chi connectivity index (χ2v) is 12.1. The van der Waals surface area contributed by atoms with Crippen LogP contribution in [-0.2, 0) is 14.8 Å². The summed E-state index contributed by atoms with van der Waals surface area (Å²) in [5, 5.41) is 4.19. The zero-order valence-electron chi connectivity index (χ0n) is 17.4. The molecule has 31 heavy (non-hydrogen) atoms. The fourth-order valence-electron chi connectivity index (χ4n) is 4.02. The van der Waals surface area contributed by atoms with E-state index < -0.39 is 10.0 Å². The highest BCUT2D eigenvalue weighted by molar-refractivity contribution is 8.78. The lowest BCUT2D eigenvalue weighted by molar-refractivity contribution is -0.131. The Bertz CT molecular complexity index is 1050. The van der Waals surface area contributed by atoms with Crippen LogP contribution in [0, 0.1) is 0 Å². The van der Waals surface area contributed by atoms with Crippen molar-refractivity contribution in [1.29, 1.82) is 0 Å². The van der Waals surface area contributed by atoms with Crippen molar-refractivity contribution < 1.29 is 13.2 Å². The van der Waals surface area contributed by atoms with Crippen molar-refractivity contribution >= 4 is 48.3 Å². The molecule has 0 bridgehead atoms. The molecule has 6 nitrogen and oxygen atoms in total. The third kappa shape index (κ3) is 5.45. The van der Waals surface area contributed by atoms with Gasteiger partial charge < -0.3 is 4.90 Å². The molecular weight excluding hydrogens is 450 g/mol. The molecule has 1 aromatic carbocycles. The van der Waals surface area contributed by atoms with Crippen molar-refractivity contribution in [1.82, 2.24) is 14.2 Å². The van der Waals surface area contributed by atoms with Crippen LogP contribution in [0.3, 0.4) is 0 Å². The Morgan fingerprint density at radius 1 is 1.13 bits per heavy atom. The summed E-state index contributed by atoms with van der Waals surface area (Å²) < 4.78 is 28.2. The topological polar surface area (TPSA) is 70.6 Å². The number of aromatic nitrogens is 1. The highest BCUT2D eigenvalue weighted by Gasteiger charge is 2.29. The predicted octanol–water partition coefficient (Wildman–Crippen LogP) is 4.30. The van der Waals surface area contributed by atoms with Crippen LogP contribution in [0.4, 0.5) is 0 Å². The average molecular weight is 478 g/mol. The molecule has 0 spiro atoms. The van der Waals surface area contributed by atoms with Crippen LogP contribution in [0.25, 0.3) is 10.8 Å². The Labute approximate surface area is 191 Å². The second-order valence-electron chi connectivity index (χ2n) is 7.80. The molecule has 1 amide bonds. The van der Waals surface area contributed by atoms with Crippen molar-refractivity contribution in [3.8, 4) is 0 Å². The Kier molecular flexibility index (Phi) is 7.58. The van der Waals surface area contributed by atoms with Crippen LogP contribution in [-0.4, -0.2) is 59.9 Å². The lowest BCUT2D eigenvalue weighted by Gasteiger charge is -2.22. The number of hydrogen-bond donors (Lipinski definition) is 0. The molecule has 0 aliphatic carbocycles. The minimum atomic E-state index is -3.63. The first-order valence-electron chi connectivity index (χ1n) is 10.7. The third-order valence-electron chi connectivity index (χ3n) is 5.72. The van der Waals surface area contributed by atoms with E-state index in [2.05, 4.69) is 16.5 Å². The number of carbonyl (C=O) groups is 1. The summed E-state index contributed by atoms with van der Waals surface area (Å²) >= 11 is 0. The van der Waals surface area contributed by atoms with E-state index in [-0.39, 0.29) is 5.91 Å². The number of carbonyl (C=O) groups excluding carboxylic acids is 1. The summed E-state index contributed by atoms with van der Waals surface area (Å²) in [6.45, 7) is 1.82. The van der Waals surface area contributed by atoms with E-state index in [4.69, 9.17) is 0 Å². The van der Waals surface area contributed by atoms with Gasteiger partial charge in [0.1, 0.15) is 0 Å². The molecule has 2 aliphatic heterocycles. The van der Waals surface area contributed by atoms with Crippen LogP contribution < -0.4 is 0 Å². The summed E-state index contributed by atoms with van der Waals surface area (Å²) in [7, 11) is 0.0196. The van der Waals surface area contributed by atoms with Crippen molar-refractivity contribution in [3.63, 3.8) is 0 Å². The summed E-state index contributed by atoms with van der Waals surface area (Å²) in [5.41, 5.74) is 0. The van der Waals surface area contributed by atoms with Gasteiger partial charge in [0, 0.05) is 61.0 Å². The molecule has 4 rings (SSSR count). The fraction of sp³-hybridized carbons (Fsp3) is 0.455. The number of rotatable bonds is 7. The molecule has 1 atom stereocenters. The van der Waals surface area contributed by atoms with Gasteiger partial charge in [0.2, 0.25) is 15.9 Å². The number of unbranched alkanes of at least 4 members (excludes halogenated alkanes) is 1. The number of benzene rings is 1. The van der Waals surface area contributed by atoms with Gasteiger partial charge in [-0.3, -0.25) is 9.78 Å². The van der Waals surface area contributed by atoms with Crippen molar-refractivity contribution in [2.75, 3.05) is 26.2 Å². The van der Waals surface area contributed by atoms with Crippen LogP contribution in [0.15, 0.2) is 53.0 Å². The zero-order valence-corrected chi connectivity index (χ0v) is 19.8.